The molecular weight excluding hydrogens is 1040 g/mol. The number of carbonyl (C=O) groups is 5. The molecule has 17 atom stereocenters. The maximum absolute atomic E-state index is 14.4. The number of alkyl carbamates (subject to hydrolysis) is 2. The van der Waals surface area contributed by atoms with Gasteiger partial charge in [-0.1, -0.05) is 83.2 Å². The van der Waals surface area contributed by atoms with Crippen LogP contribution < -0.4 is 15.4 Å². The minimum absolute atomic E-state index is 0.0758. The van der Waals surface area contributed by atoms with Crippen LogP contribution in [0, 0.1) is 40.4 Å². The van der Waals surface area contributed by atoms with Crippen molar-refractivity contribution < 1.29 is 87.0 Å². The van der Waals surface area contributed by atoms with Crippen LogP contribution in [-0.2, 0) is 60.6 Å². The van der Waals surface area contributed by atoms with Gasteiger partial charge in [0.25, 0.3) is 0 Å². The van der Waals surface area contributed by atoms with Gasteiger partial charge >= 0.3 is 24.1 Å². The second kappa shape index (κ2) is 25.8. The molecule has 2 saturated heterocycles. The summed E-state index contributed by atoms with van der Waals surface area (Å²) in [6, 6.07) is 13.5. The molecule has 6 aliphatic rings. The third-order valence-electron chi connectivity index (χ3n) is 18.2. The normalized spacial score (nSPS) is 35.0. The Morgan fingerprint density at radius 1 is 0.800 bits per heavy atom. The molecule has 440 valence electrons. The number of esters is 2. The zero-order valence-corrected chi connectivity index (χ0v) is 47.0. The van der Waals surface area contributed by atoms with Crippen LogP contribution in [0.4, 0.5) is 9.59 Å². The molecule has 5 fully saturated rings. The molecule has 2 aromatic rings. The van der Waals surface area contributed by atoms with Gasteiger partial charge < -0.3 is 73.7 Å². The Hall–Kier alpha value is -5.45. The van der Waals surface area contributed by atoms with Crippen molar-refractivity contribution in [1.29, 1.82) is 0 Å². The highest BCUT2D eigenvalue weighted by Crippen LogP contribution is 2.69. The number of carbonyl (C=O) groups excluding carboxylic acids is 5. The van der Waals surface area contributed by atoms with Gasteiger partial charge in [-0.25, -0.2) is 14.4 Å². The average molecular weight is 1120 g/mol. The Morgan fingerprint density at radius 3 is 2.09 bits per heavy atom. The van der Waals surface area contributed by atoms with Gasteiger partial charge in [-0.05, 0) is 109 Å². The Bertz CT molecular complexity index is 2540. The van der Waals surface area contributed by atoms with Gasteiger partial charge in [-0.2, -0.15) is 0 Å². The summed E-state index contributed by atoms with van der Waals surface area (Å²) >= 11 is 0. The number of allylic oxidation sites excluding steroid dienone is 1. The maximum Gasteiger partial charge on any atom is 0.407 e. The van der Waals surface area contributed by atoms with Crippen LogP contribution >= 0.6 is 0 Å². The van der Waals surface area contributed by atoms with E-state index < -0.39 is 110 Å². The highest BCUT2D eigenvalue weighted by Gasteiger charge is 2.71. The lowest BCUT2D eigenvalue weighted by Gasteiger charge is -2.59. The van der Waals surface area contributed by atoms with Crippen LogP contribution in [0.3, 0.4) is 0 Å². The molecule has 0 aromatic heterocycles. The predicted molar refractivity (Wildman–Crippen MR) is 287 cm³/mol. The summed E-state index contributed by atoms with van der Waals surface area (Å²) in [5.74, 6) is -1.79. The van der Waals surface area contributed by atoms with Crippen molar-refractivity contribution in [2.24, 2.45) is 40.4 Å². The number of amides is 2. The fraction of sp³-hybridized carbons (Fsp3) is 0.650. The molecule has 0 bridgehead atoms. The second-order valence-corrected chi connectivity index (χ2v) is 23.5. The van der Waals surface area contributed by atoms with E-state index in [4.69, 9.17) is 42.6 Å². The van der Waals surface area contributed by atoms with Crippen LogP contribution in [-0.4, -0.2) is 144 Å². The zero-order valence-electron chi connectivity index (χ0n) is 47.0. The first kappa shape index (κ1) is 60.6. The summed E-state index contributed by atoms with van der Waals surface area (Å²) in [5.41, 5.74) is 0.269. The zero-order chi connectivity index (χ0) is 57.7. The molecule has 80 heavy (non-hydrogen) atoms. The molecule has 2 amide bonds. The first-order chi connectivity index (χ1) is 38.1. The van der Waals surface area contributed by atoms with E-state index in [1.165, 1.54) is 37.8 Å². The number of aliphatic hydroxyl groups is 4. The molecule has 2 heterocycles. The molecule has 2 aliphatic heterocycles. The molecule has 0 radical (unpaired) electrons. The van der Waals surface area contributed by atoms with Crippen LogP contribution in [0.1, 0.15) is 121 Å². The lowest BCUT2D eigenvalue weighted by molar-refractivity contribution is -0.345. The number of aliphatic hydroxyl groups excluding tert-OH is 3. The summed E-state index contributed by atoms with van der Waals surface area (Å²) in [6.07, 6.45) is -5.68. The number of nitrogens with one attached hydrogen (secondary N) is 2. The van der Waals surface area contributed by atoms with E-state index >= 15 is 0 Å². The molecule has 9 unspecified atom stereocenters. The Kier molecular flexibility index (Phi) is 19.5. The monoisotopic (exact) mass is 1120 g/mol. The summed E-state index contributed by atoms with van der Waals surface area (Å²) in [7, 11) is 1.47. The number of rotatable bonds is 20. The molecule has 4 aliphatic carbocycles. The molecule has 20 heteroatoms. The van der Waals surface area contributed by atoms with E-state index in [1.54, 1.807) is 19.1 Å². The summed E-state index contributed by atoms with van der Waals surface area (Å²) < 4.78 is 53.0. The van der Waals surface area contributed by atoms with Crippen molar-refractivity contribution >= 4 is 29.9 Å². The van der Waals surface area contributed by atoms with E-state index in [0.717, 1.165) is 24.0 Å². The minimum atomic E-state index is -1.75. The van der Waals surface area contributed by atoms with Gasteiger partial charge in [0.05, 0.1) is 32.0 Å². The predicted octanol–water partition coefficient (Wildman–Crippen LogP) is 6.37. The number of hydrogen-bond donors (Lipinski definition) is 6. The van der Waals surface area contributed by atoms with Crippen molar-refractivity contribution in [3.63, 3.8) is 0 Å². The van der Waals surface area contributed by atoms with Crippen molar-refractivity contribution in [3.8, 4) is 5.75 Å². The van der Waals surface area contributed by atoms with Crippen molar-refractivity contribution in [2.75, 3.05) is 26.9 Å². The topological polar surface area (TPSA) is 273 Å². The highest BCUT2D eigenvalue weighted by molar-refractivity contribution is 5.89. The van der Waals surface area contributed by atoms with Crippen LogP contribution in [0.15, 0.2) is 72.8 Å². The van der Waals surface area contributed by atoms with Crippen LogP contribution in [0.5, 0.6) is 5.75 Å². The molecule has 3 saturated carbocycles. The first-order valence-electron chi connectivity index (χ1n) is 28.2. The van der Waals surface area contributed by atoms with E-state index in [0.29, 0.717) is 44.3 Å². The Labute approximate surface area is 468 Å². The minimum Gasteiger partial charge on any atom is -0.497 e. The van der Waals surface area contributed by atoms with Crippen molar-refractivity contribution in [2.45, 2.75) is 179 Å². The Balaban J connectivity index is 0.982. The van der Waals surface area contributed by atoms with E-state index in [2.05, 4.69) is 37.1 Å². The number of ketones is 1. The van der Waals surface area contributed by atoms with Gasteiger partial charge in [0.2, 0.25) is 0 Å². The van der Waals surface area contributed by atoms with E-state index in [-0.39, 0.29) is 72.7 Å². The number of methoxy groups -OCH3 is 1. The lowest BCUT2D eigenvalue weighted by atomic mass is 9.46. The quantitative estimate of drug-likeness (QED) is 0.0477. The average Bonchev–Trinajstić information content (AvgIpc) is 3.73. The number of hydrogen-bond acceptors (Lipinski definition) is 18. The summed E-state index contributed by atoms with van der Waals surface area (Å²) in [4.78, 5) is 65.8. The third kappa shape index (κ3) is 12.9. The van der Waals surface area contributed by atoms with Gasteiger partial charge in [0.15, 0.2) is 24.8 Å². The van der Waals surface area contributed by atoms with Gasteiger partial charge in [0, 0.05) is 44.2 Å². The molecule has 8 rings (SSSR count). The number of benzene rings is 2. The summed E-state index contributed by atoms with van der Waals surface area (Å²) in [6.45, 7) is 14.8. The van der Waals surface area contributed by atoms with Gasteiger partial charge in [-0.3, -0.25) is 9.59 Å². The molecule has 20 nitrogen and oxygen atoms in total. The largest absolute Gasteiger partial charge is 0.497 e. The standard InChI is InChI=1S/C60H82N2O18/c1-9-26-73-56(69)61-29-36-11-13-37(14-12-36)30-62-57(70)77-41-22-24-58(6)39(27-41)17-20-42-43(58)23-25-59(7)44(42)28-48(60(59,71)34(4)45(64)21-10-33(2)3)78-55-52(76-35(5)63)50(47(66)32-75-55)80-54-51(49(67)46(65)31-74-54)79-53(68)38-15-18-40(72-8)19-16-38/h9,11-19,33-34,41-44,46-52,54-55,65-67,71H,1,10,20-32H2,2-8H3,(H,61,69)(H,62,70)/t34-,41+,42-,43?,44+,46?,47?,48+,49?,50?,51?,52?,54?,55?,58+,59+,60-/m1/s1. The number of ether oxygens (including phenoxy) is 9. The van der Waals surface area contributed by atoms with E-state index in [9.17, 15) is 44.4 Å². The van der Waals surface area contributed by atoms with Gasteiger partial charge in [0.1, 0.15) is 54.3 Å². The summed E-state index contributed by atoms with van der Waals surface area (Å²) in [5, 5.41) is 52.6. The first-order valence-corrected chi connectivity index (χ1v) is 28.2. The Morgan fingerprint density at radius 2 is 1.45 bits per heavy atom. The molecule has 2 aromatic carbocycles. The van der Waals surface area contributed by atoms with Crippen LogP contribution in [0.2, 0.25) is 0 Å². The molecular formula is C60H82N2O18. The van der Waals surface area contributed by atoms with Crippen molar-refractivity contribution in [3.05, 3.63) is 89.5 Å². The third-order valence-corrected chi connectivity index (χ3v) is 18.2. The fourth-order valence-corrected chi connectivity index (χ4v) is 13.7. The lowest BCUT2D eigenvalue weighted by Crippen LogP contribution is -2.64. The maximum atomic E-state index is 14.4. The van der Waals surface area contributed by atoms with Crippen LogP contribution in [0.25, 0.3) is 0 Å². The SMILES string of the molecule is C=CCOC(=O)NCc1ccc(CNC(=O)O[C@H]2CC[C@@]3(C)C(=CC[C@@H]4C3CC[C@@]3(C)[C@H]4C[C@H](OC4OCC(O)C(OC5OCC(O)C(O)C5OC(=O)c5ccc(OC)cc5)C4OC(C)=O)[C@]3(O)[C@H](C)C(=O)CCC(C)C)C2)cc1. The molecule has 6 N–H and O–H groups in total. The number of Topliss-reactive ketones (excluding diaryl/α,β-unsaturated/α-hetero) is 1. The van der Waals surface area contributed by atoms with E-state index in [1.807, 2.05) is 38.1 Å². The highest BCUT2D eigenvalue weighted by atomic mass is 16.8. The second-order valence-electron chi connectivity index (χ2n) is 23.5. The molecule has 0 spiro atoms. The van der Waals surface area contributed by atoms with Crippen molar-refractivity contribution in [1.82, 2.24) is 10.6 Å². The van der Waals surface area contributed by atoms with Gasteiger partial charge in [-0.15, -0.1) is 0 Å². The fourth-order valence-electron chi connectivity index (χ4n) is 13.7. The number of fused-ring (bicyclic) bond motifs is 5. The smallest absolute Gasteiger partial charge is 0.407 e.